The molecule has 6 heteroatoms. The maximum atomic E-state index is 11.9. The van der Waals surface area contributed by atoms with E-state index in [1.165, 1.54) is 7.11 Å². The average Bonchev–Trinajstić information content (AvgIpc) is 2.29. The van der Waals surface area contributed by atoms with Crippen molar-refractivity contribution in [2.45, 2.75) is 63.7 Å². The Hall–Kier alpha value is -1.30. The molecule has 1 aliphatic rings. The van der Waals surface area contributed by atoms with E-state index >= 15 is 0 Å². The minimum absolute atomic E-state index is 0.347. The van der Waals surface area contributed by atoms with Crippen LogP contribution in [0.1, 0.15) is 46.5 Å². The lowest BCUT2D eigenvalue weighted by Gasteiger charge is -2.37. The van der Waals surface area contributed by atoms with E-state index in [-0.39, 0.29) is 0 Å². The zero-order valence-electron chi connectivity index (χ0n) is 12.0. The van der Waals surface area contributed by atoms with Gasteiger partial charge in [0.2, 0.25) is 0 Å². The van der Waals surface area contributed by atoms with Crippen molar-refractivity contribution in [1.82, 2.24) is 5.32 Å². The Morgan fingerprint density at radius 2 is 1.79 bits per heavy atom. The zero-order chi connectivity index (χ0) is 14.7. The highest BCUT2D eigenvalue weighted by Gasteiger charge is 2.44. The van der Waals surface area contributed by atoms with E-state index in [0.29, 0.717) is 25.7 Å². The number of hydrogen-bond acceptors (Lipinski definition) is 5. The van der Waals surface area contributed by atoms with Gasteiger partial charge in [0.15, 0.2) is 0 Å². The van der Waals surface area contributed by atoms with Crippen LogP contribution in [0.3, 0.4) is 0 Å². The summed E-state index contributed by atoms with van der Waals surface area (Å²) in [6.07, 6.45) is 0.517. The molecule has 0 atom stereocenters. The van der Waals surface area contributed by atoms with Crippen molar-refractivity contribution in [2.24, 2.45) is 0 Å². The predicted octanol–water partition coefficient (Wildman–Crippen LogP) is 1.36. The topological polar surface area (TPSA) is 84.9 Å². The number of methoxy groups -OCH3 is 1. The smallest absolute Gasteiger partial charge is 0.408 e. The molecule has 0 heterocycles. The number of ether oxygens (including phenoxy) is 2. The van der Waals surface area contributed by atoms with Gasteiger partial charge in [-0.2, -0.15) is 0 Å². The molecule has 0 radical (unpaired) electrons. The number of nitrogens with one attached hydrogen (secondary N) is 1. The van der Waals surface area contributed by atoms with Gasteiger partial charge in [0, 0.05) is 0 Å². The van der Waals surface area contributed by atoms with Crippen LogP contribution in [-0.2, 0) is 14.3 Å². The van der Waals surface area contributed by atoms with Gasteiger partial charge >= 0.3 is 12.1 Å². The molecule has 0 aromatic rings. The van der Waals surface area contributed by atoms with E-state index in [4.69, 9.17) is 9.47 Å². The number of amides is 1. The monoisotopic (exact) mass is 273 g/mol. The molecule has 0 aromatic heterocycles. The SMILES string of the molecule is COC(=O)[C@]1(NC(=O)OC(C)(C)C)CC[C@@H](O)CC1. The molecule has 0 aromatic carbocycles. The first-order chi connectivity index (χ1) is 8.68. The fourth-order valence-electron chi connectivity index (χ4n) is 2.17. The Bertz CT molecular complexity index is 339. The van der Waals surface area contributed by atoms with Crippen LogP contribution in [0.2, 0.25) is 0 Å². The van der Waals surface area contributed by atoms with Crippen LogP contribution in [0.15, 0.2) is 0 Å². The summed E-state index contributed by atoms with van der Waals surface area (Å²) < 4.78 is 9.94. The van der Waals surface area contributed by atoms with Crippen LogP contribution in [0, 0.1) is 0 Å². The molecule has 0 unspecified atom stereocenters. The lowest BCUT2D eigenvalue weighted by Crippen LogP contribution is -2.58. The van der Waals surface area contributed by atoms with Crippen LogP contribution >= 0.6 is 0 Å². The number of carbonyl (C=O) groups is 2. The van der Waals surface area contributed by atoms with Crippen molar-refractivity contribution >= 4 is 12.1 Å². The normalized spacial score (nSPS) is 27.5. The van der Waals surface area contributed by atoms with E-state index in [1.807, 2.05) is 0 Å². The second-order valence-electron chi connectivity index (χ2n) is 5.93. The molecular weight excluding hydrogens is 250 g/mol. The number of hydrogen-bond donors (Lipinski definition) is 2. The van der Waals surface area contributed by atoms with Gasteiger partial charge in [-0.05, 0) is 46.5 Å². The maximum absolute atomic E-state index is 11.9. The molecule has 1 saturated carbocycles. The number of esters is 1. The molecule has 0 spiro atoms. The molecule has 1 rings (SSSR count). The summed E-state index contributed by atoms with van der Waals surface area (Å²) in [6.45, 7) is 5.26. The minimum atomic E-state index is -1.09. The molecule has 6 nitrogen and oxygen atoms in total. The van der Waals surface area contributed by atoms with Crippen molar-refractivity contribution in [1.29, 1.82) is 0 Å². The standard InChI is InChI=1S/C13H23NO5/c1-12(2,3)19-11(17)14-13(10(16)18-4)7-5-9(15)6-8-13/h9,15H,5-8H2,1-4H3,(H,14,17)/t9-,13+. The highest BCUT2D eigenvalue weighted by Crippen LogP contribution is 2.30. The van der Waals surface area contributed by atoms with Crippen LogP contribution in [0.4, 0.5) is 4.79 Å². The second-order valence-corrected chi connectivity index (χ2v) is 5.93. The summed E-state index contributed by atoms with van der Waals surface area (Å²) in [5.74, 6) is -0.495. The molecule has 0 aliphatic heterocycles. The Balaban J connectivity index is 2.76. The number of carbonyl (C=O) groups excluding carboxylic acids is 2. The predicted molar refractivity (Wildman–Crippen MR) is 68.6 cm³/mol. The minimum Gasteiger partial charge on any atom is -0.467 e. The van der Waals surface area contributed by atoms with Crippen molar-refractivity contribution < 1.29 is 24.2 Å². The Kier molecular flexibility index (Phi) is 4.79. The van der Waals surface area contributed by atoms with Crippen LogP contribution in [0.25, 0.3) is 0 Å². The van der Waals surface area contributed by atoms with Gasteiger partial charge in [0.1, 0.15) is 11.1 Å². The van der Waals surface area contributed by atoms with Crippen molar-refractivity contribution in [2.75, 3.05) is 7.11 Å². The Labute approximate surface area is 113 Å². The van der Waals surface area contributed by atoms with E-state index in [9.17, 15) is 14.7 Å². The molecule has 19 heavy (non-hydrogen) atoms. The number of aliphatic hydroxyl groups excluding tert-OH is 1. The van der Waals surface area contributed by atoms with Crippen molar-refractivity contribution in [3.05, 3.63) is 0 Å². The lowest BCUT2D eigenvalue weighted by atomic mass is 9.80. The van der Waals surface area contributed by atoms with E-state index in [2.05, 4.69) is 5.32 Å². The first-order valence-corrected chi connectivity index (χ1v) is 6.46. The fraction of sp³-hybridized carbons (Fsp3) is 0.846. The third kappa shape index (κ3) is 4.38. The van der Waals surface area contributed by atoms with Gasteiger partial charge < -0.3 is 19.9 Å². The molecule has 1 aliphatic carbocycles. The summed E-state index contributed by atoms with van der Waals surface area (Å²) in [7, 11) is 1.28. The Morgan fingerprint density at radius 1 is 1.26 bits per heavy atom. The first-order valence-electron chi connectivity index (χ1n) is 6.46. The summed E-state index contributed by atoms with van der Waals surface area (Å²) in [4.78, 5) is 23.8. The molecular formula is C13H23NO5. The highest BCUT2D eigenvalue weighted by molar-refractivity contribution is 5.86. The molecule has 0 saturated heterocycles. The quantitative estimate of drug-likeness (QED) is 0.742. The van der Waals surface area contributed by atoms with Gasteiger partial charge in [0.05, 0.1) is 13.2 Å². The van der Waals surface area contributed by atoms with Crippen molar-refractivity contribution in [3.8, 4) is 0 Å². The van der Waals surface area contributed by atoms with Crippen LogP contribution in [0.5, 0.6) is 0 Å². The average molecular weight is 273 g/mol. The highest BCUT2D eigenvalue weighted by atomic mass is 16.6. The maximum Gasteiger partial charge on any atom is 0.408 e. The van der Waals surface area contributed by atoms with Gasteiger partial charge in [0.25, 0.3) is 0 Å². The van der Waals surface area contributed by atoms with Gasteiger partial charge in [-0.25, -0.2) is 9.59 Å². The fourth-order valence-corrected chi connectivity index (χ4v) is 2.17. The largest absolute Gasteiger partial charge is 0.467 e. The van der Waals surface area contributed by atoms with Gasteiger partial charge in [-0.15, -0.1) is 0 Å². The van der Waals surface area contributed by atoms with Crippen molar-refractivity contribution in [3.63, 3.8) is 0 Å². The first kappa shape index (κ1) is 15.8. The van der Waals surface area contributed by atoms with E-state index in [1.54, 1.807) is 20.8 Å². The molecule has 1 amide bonds. The number of alkyl carbamates (subject to hydrolysis) is 1. The molecule has 110 valence electrons. The summed E-state index contributed by atoms with van der Waals surface area (Å²) in [5, 5.41) is 12.1. The van der Waals surface area contributed by atoms with Gasteiger partial charge in [-0.3, -0.25) is 0 Å². The van der Waals surface area contributed by atoms with Crippen LogP contribution in [-0.4, -0.2) is 41.5 Å². The third-order valence-corrected chi connectivity index (χ3v) is 3.13. The number of rotatable bonds is 2. The molecule has 2 N–H and O–H groups in total. The Morgan fingerprint density at radius 3 is 2.21 bits per heavy atom. The van der Waals surface area contributed by atoms with Gasteiger partial charge in [-0.1, -0.05) is 0 Å². The lowest BCUT2D eigenvalue weighted by molar-refractivity contribution is -0.151. The second kappa shape index (κ2) is 5.77. The zero-order valence-corrected chi connectivity index (χ0v) is 12.0. The molecule has 1 fully saturated rings. The van der Waals surface area contributed by atoms with Crippen LogP contribution < -0.4 is 5.32 Å². The summed E-state index contributed by atoms with van der Waals surface area (Å²) in [6, 6.07) is 0. The van der Waals surface area contributed by atoms with E-state index < -0.39 is 29.3 Å². The summed E-state index contributed by atoms with van der Waals surface area (Å²) in [5.41, 5.74) is -1.72. The van der Waals surface area contributed by atoms with E-state index in [0.717, 1.165) is 0 Å². The summed E-state index contributed by atoms with van der Waals surface area (Å²) >= 11 is 0. The number of aliphatic hydroxyl groups is 1. The third-order valence-electron chi connectivity index (χ3n) is 3.13. The molecule has 0 bridgehead atoms.